The summed E-state index contributed by atoms with van der Waals surface area (Å²) in [5.74, 6) is 2.80. The lowest BCUT2D eigenvalue weighted by Crippen LogP contribution is -2.31. The highest BCUT2D eigenvalue weighted by Crippen LogP contribution is 2.42. The smallest absolute Gasteiger partial charge is 0.227 e. The maximum atomic E-state index is 13.1. The second-order valence-corrected chi connectivity index (χ2v) is 10.3. The third-order valence-corrected chi connectivity index (χ3v) is 7.91. The van der Waals surface area contributed by atoms with Crippen molar-refractivity contribution in [3.8, 4) is 22.6 Å². The highest BCUT2D eigenvalue weighted by molar-refractivity contribution is 7.98. The third kappa shape index (κ3) is 4.56. The van der Waals surface area contributed by atoms with Gasteiger partial charge in [0.1, 0.15) is 6.04 Å². The largest absolute Gasteiger partial charge is 0.493 e. The van der Waals surface area contributed by atoms with E-state index in [0.717, 1.165) is 35.4 Å². The lowest BCUT2D eigenvalue weighted by atomic mass is 9.85. The Balaban J connectivity index is 1.28. The Morgan fingerprint density at radius 1 is 0.947 bits per heavy atom. The van der Waals surface area contributed by atoms with Gasteiger partial charge >= 0.3 is 0 Å². The maximum absolute atomic E-state index is 13.1. The number of aromatic nitrogens is 3. The molecule has 2 aliphatic rings. The second-order valence-electron chi connectivity index (χ2n) is 9.33. The van der Waals surface area contributed by atoms with Gasteiger partial charge < -0.3 is 14.8 Å². The van der Waals surface area contributed by atoms with Crippen LogP contribution in [0.3, 0.4) is 0 Å². The van der Waals surface area contributed by atoms with Crippen LogP contribution in [0.1, 0.15) is 36.4 Å². The maximum Gasteiger partial charge on any atom is 0.227 e. The van der Waals surface area contributed by atoms with Crippen molar-refractivity contribution < 1.29 is 14.3 Å². The third-order valence-electron chi connectivity index (χ3n) is 7.00. The van der Waals surface area contributed by atoms with E-state index in [1.807, 2.05) is 28.9 Å². The minimum Gasteiger partial charge on any atom is -0.493 e. The molecule has 6 rings (SSSR count). The molecule has 0 radical (unpaired) electrons. The number of methoxy groups -OCH3 is 2. The van der Waals surface area contributed by atoms with Crippen molar-refractivity contribution in [3.05, 3.63) is 95.2 Å². The summed E-state index contributed by atoms with van der Waals surface area (Å²) >= 11 is 1.58. The van der Waals surface area contributed by atoms with Gasteiger partial charge in [0.2, 0.25) is 11.1 Å². The quantitative estimate of drug-likeness (QED) is 0.285. The predicted octanol–water partition coefficient (Wildman–Crippen LogP) is 6.28. The molecule has 1 aliphatic carbocycles. The summed E-state index contributed by atoms with van der Waals surface area (Å²) in [6.07, 6.45) is 2.18. The van der Waals surface area contributed by atoms with E-state index in [1.54, 1.807) is 26.0 Å². The van der Waals surface area contributed by atoms with E-state index < -0.39 is 0 Å². The fraction of sp³-hybridized carbons (Fsp3) is 0.233. The van der Waals surface area contributed by atoms with Crippen molar-refractivity contribution in [3.63, 3.8) is 0 Å². The van der Waals surface area contributed by atoms with Gasteiger partial charge in [0.15, 0.2) is 17.3 Å². The number of benzene rings is 3. The molecule has 4 aromatic rings. The SMILES string of the molecule is COc1ccc([C@@H]2C3=C(CCCC3=O)Nc3nc(SCc4ccc(-c5ccccc5)cc4)nn32)cc1OC. The number of nitrogens with one attached hydrogen (secondary N) is 1. The van der Waals surface area contributed by atoms with Gasteiger partial charge in [-0.05, 0) is 47.2 Å². The predicted molar refractivity (Wildman–Crippen MR) is 149 cm³/mol. The highest BCUT2D eigenvalue weighted by atomic mass is 32.2. The molecule has 1 aliphatic heterocycles. The van der Waals surface area contributed by atoms with Crippen molar-refractivity contribution in [1.82, 2.24) is 14.8 Å². The Morgan fingerprint density at radius 2 is 1.71 bits per heavy atom. The molecule has 0 saturated carbocycles. The number of thioether (sulfide) groups is 1. The second kappa shape index (κ2) is 10.4. The van der Waals surface area contributed by atoms with Crippen molar-refractivity contribution >= 4 is 23.5 Å². The number of carbonyl (C=O) groups excluding carboxylic acids is 1. The summed E-state index contributed by atoms with van der Waals surface area (Å²) in [6, 6.07) is 24.3. The summed E-state index contributed by atoms with van der Waals surface area (Å²) in [7, 11) is 3.23. The summed E-state index contributed by atoms with van der Waals surface area (Å²) in [6.45, 7) is 0. The zero-order chi connectivity index (χ0) is 26.1. The molecule has 0 bridgehead atoms. The van der Waals surface area contributed by atoms with Gasteiger partial charge in [-0.1, -0.05) is 72.4 Å². The van der Waals surface area contributed by atoms with Crippen molar-refractivity contribution in [2.24, 2.45) is 0 Å². The molecule has 0 spiro atoms. The molecule has 38 heavy (non-hydrogen) atoms. The summed E-state index contributed by atoms with van der Waals surface area (Å²) < 4.78 is 12.8. The number of Topliss-reactive ketones (excluding diaryl/α,β-unsaturated/α-hetero) is 1. The number of ether oxygens (including phenoxy) is 2. The van der Waals surface area contributed by atoms with E-state index in [9.17, 15) is 4.79 Å². The first kappa shape index (κ1) is 24.3. The van der Waals surface area contributed by atoms with Crippen LogP contribution in [0.2, 0.25) is 0 Å². The normalized spacial score (nSPS) is 16.5. The first-order valence-corrected chi connectivity index (χ1v) is 13.6. The standard InChI is InChI=1S/C30H28N4O3S/c1-36-25-16-15-22(17-26(25)37-2)28-27-23(9-6-10-24(27)35)31-29-32-30(33-34(28)29)38-18-19-11-13-21(14-12-19)20-7-4-3-5-8-20/h3-5,7-8,11-17,28H,6,9-10,18H2,1-2H3,(H,31,32,33)/t28-/m1/s1. The molecule has 2 heterocycles. The molecule has 1 N–H and O–H groups in total. The fourth-order valence-corrected chi connectivity index (χ4v) is 5.89. The van der Waals surface area contributed by atoms with Crippen LogP contribution in [0.4, 0.5) is 5.95 Å². The molecular weight excluding hydrogens is 496 g/mol. The van der Waals surface area contributed by atoms with Crippen LogP contribution in [0.15, 0.2) is 89.2 Å². The fourth-order valence-electron chi connectivity index (χ4n) is 5.10. The zero-order valence-electron chi connectivity index (χ0n) is 21.3. The van der Waals surface area contributed by atoms with Gasteiger partial charge in [-0.2, -0.15) is 4.98 Å². The van der Waals surface area contributed by atoms with Gasteiger partial charge in [0.05, 0.1) is 14.2 Å². The molecule has 1 aromatic heterocycles. The van der Waals surface area contributed by atoms with Crippen molar-refractivity contribution in [2.45, 2.75) is 36.2 Å². The Labute approximate surface area is 225 Å². The molecule has 7 nitrogen and oxygen atoms in total. The van der Waals surface area contributed by atoms with Gasteiger partial charge in [0, 0.05) is 23.4 Å². The summed E-state index contributed by atoms with van der Waals surface area (Å²) in [5.41, 5.74) is 6.19. The number of rotatable bonds is 7. The summed E-state index contributed by atoms with van der Waals surface area (Å²) in [4.78, 5) is 17.9. The minimum atomic E-state index is -0.374. The molecule has 0 fully saturated rings. The van der Waals surface area contributed by atoms with Crippen LogP contribution >= 0.6 is 11.8 Å². The van der Waals surface area contributed by atoms with Crippen LogP contribution in [0, 0.1) is 0 Å². The topological polar surface area (TPSA) is 78.3 Å². The van der Waals surface area contributed by atoms with Crippen LogP contribution in [0.25, 0.3) is 11.1 Å². The highest BCUT2D eigenvalue weighted by Gasteiger charge is 2.37. The molecule has 0 unspecified atom stereocenters. The molecule has 0 amide bonds. The Bertz CT molecular complexity index is 1510. The van der Waals surface area contributed by atoms with E-state index in [-0.39, 0.29) is 11.8 Å². The zero-order valence-corrected chi connectivity index (χ0v) is 22.1. The lowest BCUT2D eigenvalue weighted by Gasteiger charge is -2.32. The average Bonchev–Trinajstić information content (AvgIpc) is 3.38. The number of allylic oxidation sites excluding steroid dienone is 2. The number of fused-ring (bicyclic) bond motifs is 1. The first-order valence-electron chi connectivity index (χ1n) is 12.6. The number of anilines is 1. The number of hydrogen-bond acceptors (Lipinski definition) is 7. The van der Waals surface area contributed by atoms with E-state index in [1.165, 1.54) is 16.7 Å². The Kier molecular flexibility index (Phi) is 6.64. The minimum absolute atomic E-state index is 0.146. The van der Waals surface area contributed by atoms with Gasteiger partial charge in [-0.3, -0.25) is 4.79 Å². The van der Waals surface area contributed by atoms with E-state index in [4.69, 9.17) is 19.6 Å². The number of ketones is 1. The van der Waals surface area contributed by atoms with Crippen molar-refractivity contribution in [2.75, 3.05) is 19.5 Å². The van der Waals surface area contributed by atoms with Crippen molar-refractivity contribution in [1.29, 1.82) is 0 Å². The molecule has 8 heteroatoms. The van der Waals surface area contributed by atoms with Crippen LogP contribution in [-0.4, -0.2) is 34.8 Å². The van der Waals surface area contributed by atoms with Gasteiger partial charge in [-0.25, -0.2) is 4.68 Å². The first-order chi connectivity index (χ1) is 18.6. The van der Waals surface area contributed by atoms with Gasteiger partial charge in [-0.15, -0.1) is 5.10 Å². The Morgan fingerprint density at radius 3 is 2.47 bits per heavy atom. The average molecular weight is 525 g/mol. The van der Waals surface area contributed by atoms with Gasteiger partial charge in [0.25, 0.3) is 0 Å². The Hall–Kier alpha value is -4.04. The lowest BCUT2D eigenvalue weighted by molar-refractivity contribution is -0.116. The molecule has 3 aromatic carbocycles. The molecule has 192 valence electrons. The van der Waals surface area contributed by atoms with E-state index in [2.05, 4.69) is 53.8 Å². The number of hydrogen-bond donors (Lipinski definition) is 1. The van der Waals surface area contributed by atoms with E-state index >= 15 is 0 Å². The van der Waals surface area contributed by atoms with E-state index in [0.29, 0.717) is 29.0 Å². The summed E-state index contributed by atoms with van der Waals surface area (Å²) in [5, 5.41) is 8.93. The van der Waals surface area contributed by atoms with Crippen LogP contribution in [-0.2, 0) is 10.5 Å². The monoisotopic (exact) mass is 524 g/mol. The molecule has 0 saturated heterocycles. The van der Waals surface area contributed by atoms with Crippen LogP contribution in [0.5, 0.6) is 11.5 Å². The molecular formula is C30H28N4O3S. The number of carbonyl (C=O) groups is 1. The van der Waals surface area contributed by atoms with Crippen LogP contribution < -0.4 is 14.8 Å². The number of nitrogens with zero attached hydrogens (tertiary/aromatic N) is 3. The molecule has 1 atom stereocenters.